The summed E-state index contributed by atoms with van der Waals surface area (Å²) in [4.78, 5) is 14.5. The Hall–Kier alpha value is -0.610. The number of piperidine rings is 1. The second kappa shape index (κ2) is 8.74. The number of ether oxygens (including phenoxy) is 1. The summed E-state index contributed by atoms with van der Waals surface area (Å²) in [7, 11) is 1.74. The third-order valence-electron chi connectivity index (χ3n) is 4.72. The van der Waals surface area contributed by atoms with E-state index in [2.05, 4.69) is 20.8 Å². The third-order valence-corrected chi connectivity index (χ3v) is 4.72. The summed E-state index contributed by atoms with van der Waals surface area (Å²) in [6.45, 7) is 9.98. The first-order valence-corrected chi connectivity index (χ1v) is 8.35. The van der Waals surface area contributed by atoms with Crippen LogP contribution >= 0.6 is 0 Å². The van der Waals surface area contributed by atoms with Gasteiger partial charge in [-0.3, -0.25) is 4.79 Å². The lowest BCUT2D eigenvalue weighted by Gasteiger charge is -2.34. The highest BCUT2D eigenvalue weighted by atomic mass is 16.5. The zero-order chi connectivity index (χ0) is 15.9. The molecule has 1 aliphatic rings. The van der Waals surface area contributed by atoms with Crippen LogP contribution in [0.25, 0.3) is 0 Å². The van der Waals surface area contributed by atoms with Gasteiger partial charge in [0.05, 0.1) is 6.61 Å². The third kappa shape index (κ3) is 6.35. The van der Waals surface area contributed by atoms with Gasteiger partial charge < -0.3 is 15.4 Å². The fourth-order valence-corrected chi connectivity index (χ4v) is 3.33. The van der Waals surface area contributed by atoms with Crippen molar-refractivity contribution in [2.75, 3.05) is 33.4 Å². The molecule has 0 radical (unpaired) electrons. The Bertz CT molecular complexity index is 310. The summed E-state index contributed by atoms with van der Waals surface area (Å²) >= 11 is 0. The SMILES string of the molecule is COCC1CCCN(C(=O)CCC(CCN)C(C)(C)C)C1. The van der Waals surface area contributed by atoms with Crippen LogP contribution in [0.4, 0.5) is 0 Å². The molecule has 124 valence electrons. The maximum Gasteiger partial charge on any atom is 0.222 e. The molecule has 0 aromatic rings. The van der Waals surface area contributed by atoms with Gasteiger partial charge in [-0.15, -0.1) is 0 Å². The van der Waals surface area contributed by atoms with Crippen molar-refractivity contribution in [2.45, 2.75) is 52.9 Å². The minimum absolute atomic E-state index is 0.222. The molecule has 1 aliphatic heterocycles. The first kappa shape index (κ1) is 18.4. The van der Waals surface area contributed by atoms with Gasteiger partial charge in [0.1, 0.15) is 0 Å². The molecule has 1 saturated heterocycles. The van der Waals surface area contributed by atoms with Gasteiger partial charge in [0.15, 0.2) is 0 Å². The number of carbonyl (C=O) groups excluding carboxylic acids is 1. The maximum absolute atomic E-state index is 12.4. The second-order valence-electron chi connectivity index (χ2n) is 7.48. The molecule has 4 heteroatoms. The molecule has 0 aliphatic carbocycles. The molecule has 2 atom stereocenters. The highest BCUT2D eigenvalue weighted by molar-refractivity contribution is 5.76. The minimum Gasteiger partial charge on any atom is -0.384 e. The summed E-state index contributed by atoms with van der Waals surface area (Å²) in [5.74, 6) is 1.34. The predicted octanol–water partition coefficient (Wildman–Crippen LogP) is 2.66. The Kier molecular flexibility index (Phi) is 7.67. The molecular weight excluding hydrogens is 264 g/mol. The molecule has 4 nitrogen and oxygen atoms in total. The summed E-state index contributed by atoms with van der Waals surface area (Å²) in [6, 6.07) is 0. The van der Waals surface area contributed by atoms with Crippen LogP contribution in [0.3, 0.4) is 0 Å². The lowest BCUT2D eigenvalue weighted by molar-refractivity contribution is -0.133. The molecule has 2 unspecified atom stereocenters. The van der Waals surface area contributed by atoms with Gasteiger partial charge in [-0.2, -0.15) is 0 Å². The van der Waals surface area contributed by atoms with Gasteiger partial charge in [0.25, 0.3) is 0 Å². The van der Waals surface area contributed by atoms with Crippen LogP contribution in [0.15, 0.2) is 0 Å². The average molecular weight is 298 g/mol. The van der Waals surface area contributed by atoms with Gasteiger partial charge in [0.2, 0.25) is 5.91 Å². The van der Waals surface area contributed by atoms with E-state index in [-0.39, 0.29) is 5.41 Å². The summed E-state index contributed by atoms with van der Waals surface area (Å²) < 4.78 is 5.23. The minimum atomic E-state index is 0.222. The zero-order valence-corrected chi connectivity index (χ0v) is 14.4. The number of methoxy groups -OCH3 is 1. The van der Waals surface area contributed by atoms with Crippen molar-refractivity contribution in [3.05, 3.63) is 0 Å². The van der Waals surface area contributed by atoms with Crippen molar-refractivity contribution < 1.29 is 9.53 Å². The van der Waals surface area contributed by atoms with Gasteiger partial charge in [-0.1, -0.05) is 20.8 Å². The Morgan fingerprint density at radius 3 is 2.67 bits per heavy atom. The van der Waals surface area contributed by atoms with Crippen molar-refractivity contribution in [1.82, 2.24) is 4.90 Å². The van der Waals surface area contributed by atoms with Crippen LogP contribution in [-0.4, -0.2) is 44.2 Å². The number of nitrogens with two attached hydrogens (primary N) is 1. The van der Waals surface area contributed by atoms with Crippen LogP contribution in [0.2, 0.25) is 0 Å². The highest BCUT2D eigenvalue weighted by Crippen LogP contribution is 2.32. The van der Waals surface area contributed by atoms with Crippen LogP contribution in [-0.2, 0) is 9.53 Å². The van der Waals surface area contributed by atoms with Crippen LogP contribution in [0, 0.1) is 17.3 Å². The summed E-state index contributed by atoms with van der Waals surface area (Å²) in [5.41, 5.74) is 5.94. The van der Waals surface area contributed by atoms with Crippen molar-refractivity contribution >= 4 is 5.91 Å². The predicted molar refractivity (Wildman–Crippen MR) is 87.0 cm³/mol. The number of likely N-dealkylation sites (tertiary alicyclic amines) is 1. The number of carbonyl (C=O) groups is 1. The molecule has 0 spiro atoms. The Balaban J connectivity index is 2.44. The number of nitrogens with zero attached hydrogens (tertiary/aromatic N) is 1. The Morgan fingerprint density at radius 1 is 1.38 bits per heavy atom. The molecule has 21 heavy (non-hydrogen) atoms. The van der Waals surface area contributed by atoms with Crippen molar-refractivity contribution in [3.8, 4) is 0 Å². The number of amides is 1. The van der Waals surface area contributed by atoms with E-state index >= 15 is 0 Å². The van der Waals surface area contributed by atoms with E-state index in [1.54, 1.807) is 7.11 Å². The Labute approximate surface area is 130 Å². The van der Waals surface area contributed by atoms with Crippen molar-refractivity contribution in [3.63, 3.8) is 0 Å². The molecule has 1 fully saturated rings. The lowest BCUT2D eigenvalue weighted by Crippen LogP contribution is -2.41. The van der Waals surface area contributed by atoms with E-state index in [4.69, 9.17) is 10.5 Å². The quantitative estimate of drug-likeness (QED) is 0.786. The second-order valence-corrected chi connectivity index (χ2v) is 7.48. The molecule has 1 rings (SSSR count). The largest absolute Gasteiger partial charge is 0.384 e. The summed E-state index contributed by atoms with van der Waals surface area (Å²) in [5, 5.41) is 0. The molecule has 0 saturated carbocycles. The van der Waals surface area contributed by atoms with E-state index in [9.17, 15) is 4.79 Å². The van der Waals surface area contributed by atoms with Crippen LogP contribution < -0.4 is 5.73 Å². The van der Waals surface area contributed by atoms with Crippen LogP contribution in [0.1, 0.15) is 52.9 Å². The molecule has 0 aromatic heterocycles. The van der Waals surface area contributed by atoms with Crippen LogP contribution in [0.5, 0.6) is 0 Å². The van der Waals surface area contributed by atoms with Crippen molar-refractivity contribution in [1.29, 1.82) is 0 Å². The smallest absolute Gasteiger partial charge is 0.222 e. The molecular formula is C17H34N2O2. The first-order valence-electron chi connectivity index (χ1n) is 8.35. The van der Waals surface area contributed by atoms with E-state index in [0.717, 1.165) is 39.0 Å². The van der Waals surface area contributed by atoms with E-state index in [1.807, 2.05) is 4.90 Å². The number of hydrogen-bond donors (Lipinski definition) is 1. The van der Waals surface area contributed by atoms with E-state index in [0.29, 0.717) is 30.7 Å². The monoisotopic (exact) mass is 298 g/mol. The fourth-order valence-electron chi connectivity index (χ4n) is 3.33. The van der Waals surface area contributed by atoms with E-state index in [1.165, 1.54) is 6.42 Å². The fraction of sp³-hybridized carbons (Fsp3) is 0.941. The highest BCUT2D eigenvalue weighted by Gasteiger charge is 2.27. The maximum atomic E-state index is 12.4. The molecule has 2 N–H and O–H groups in total. The average Bonchev–Trinajstić information content (AvgIpc) is 2.42. The van der Waals surface area contributed by atoms with Crippen molar-refractivity contribution in [2.24, 2.45) is 23.0 Å². The zero-order valence-electron chi connectivity index (χ0n) is 14.4. The van der Waals surface area contributed by atoms with Gasteiger partial charge >= 0.3 is 0 Å². The molecule has 1 heterocycles. The molecule has 1 amide bonds. The van der Waals surface area contributed by atoms with E-state index < -0.39 is 0 Å². The van der Waals surface area contributed by atoms with Gasteiger partial charge in [-0.25, -0.2) is 0 Å². The normalized spacial score (nSPS) is 21.4. The number of hydrogen-bond acceptors (Lipinski definition) is 3. The first-order chi connectivity index (χ1) is 9.88. The topological polar surface area (TPSA) is 55.6 Å². The Morgan fingerprint density at radius 2 is 2.10 bits per heavy atom. The van der Waals surface area contributed by atoms with Gasteiger partial charge in [-0.05, 0) is 49.5 Å². The standard InChI is InChI=1S/C17H34N2O2/c1-17(2,3)15(9-10-18)7-8-16(20)19-11-5-6-14(12-19)13-21-4/h14-15H,5-13,18H2,1-4H3. The molecule has 0 bridgehead atoms. The lowest BCUT2D eigenvalue weighted by atomic mass is 9.76. The number of rotatable bonds is 7. The molecule has 0 aromatic carbocycles. The van der Waals surface area contributed by atoms with Gasteiger partial charge in [0, 0.05) is 26.6 Å². The summed E-state index contributed by atoms with van der Waals surface area (Å²) in [6.07, 6.45) is 4.89.